The summed E-state index contributed by atoms with van der Waals surface area (Å²) in [5, 5.41) is 7.46. The number of benzene rings is 2. The normalized spacial score (nSPS) is 10.4. The van der Waals surface area contributed by atoms with Crippen molar-refractivity contribution in [2.24, 2.45) is 0 Å². The van der Waals surface area contributed by atoms with Crippen LogP contribution in [0.2, 0.25) is 0 Å². The van der Waals surface area contributed by atoms with Crippen molar-refractivity contribution < 1.29 is 23.8 Å². The van der Waals surface area contributed by atoms with Crippen LogP contribution >= 0.6 is 11.3 Å². The second-order valence-electron chi connectivity index (χ2n) is 7.62. The van der Waals surface area contributed by atoms with Gasteiger partial charge < -0.3 is 29.7 Å². The van der Waals surface area contributed by atoms with Gasteiger partial charge in [0.25, 0.3) is 0 Å². The van der Waals surface area contributed by atoms with E-state index >= 15 is 0 Å². The van der Waals surface area contributed by atoms with Gasteiger partial charge in [0.15, 0.2) is 11.5 Å². The Morgan fingerprint density at radius 3 is 2.46 bits per heavy atom. The first-order valence-corrected chi connectivity index (χ1v) is 12.2. The number of amides is 3. The van der Waals surface area contributed by atoms with Crippen LogP contribution in [0.3, 0.4) is 0 Å². The maximum absolute atomic E-state index is 12.7. The van der Waals surface area contributed by atoms with Gasteiger partial charge >= 0.3 is 6.03 Å². The Bertz CT molecular complexity index is 1090. The smallest absolute Gasteiger partial charge is 0.319 e. The summed E-state index contributed by atoms with van der Waals surface area (Å²) in [5.74, 6) is 1.94. The van der Waals surface area contributed by atoms with Crippen molar-refractivity contribution in [3.63, 3.8) is 0 Å². The van der Waals surface area contributed by atoms with Gasteiger partial charge in [0.1, 0.15) is 12.4 Å². The summed E-state index contributed by atoms with van der Waals surface area (Å²) in [4.78, 5) is 27.7. The summed E-state index contributed by atoms with van der Waals surface area (Å²) in [7, 11) is 3.18. The Hall–Kier alpha value is -3.72. The zero-order chi connectivity index (χ0) is 25.0. The number of nitrogens with zero attached hydrogens (tertiary/aromatic N) is 1. The summed E-state index contributed by atoms with van der Waals surface area (Å²) in [6.07, 6.45) is 0.197. The maximum Gasteiger partial charge on any atom is 0.319 e. The van der Waals surface area contributed by atoms with Crippen molar-refractivity contribution in [1.29, 1.82) is 0 Å². The van der Waals surface area contributed by atoms with E-state index in [1.54, 1.807) is 54.7 Å². The van der Waals surface area contributed by atoms with Gasteiger partial charge in [-0.3, -0.25) is 4.79 Å². The molecule has 0 aliphatic carbocycles. The minimum Gasteiger partial charge on any atom is -0.497 e. The second kappa shape index (κ2) is 13.2. The number of methoxy groups -OCH3 is 2. The van der Waals surface area contributed by atoms with Gasteiger partial charge in [-0.25, -0.2) is 4.79 Å². The van der Waals surface area contributed by atoms with E-state index < -0.39 is 0 Å². The van der Waals surface area contributed by atoms with Crippen molar-refractivity contribution >= 4 is 29.0 Å². The van der Waals surface area contributed by atoms with Crippen LogP contribution in [0.5, 0.6) is 17.2 Å². The third-order valence-electron chi connectivity index (χ3n) is 5.26. The second-order valence-corrected chi connectivity index (χ2v) is 8.65. The molecule has 0 fully saturated rings. The lowest BCUT2D eigenvalue weighted by atomic mass is 10.1. The number of ether oxygens (including phenoxy) is 3. The largest absolute Gasteiger partial charge is 0.497 e. The molecule has 1 heterocycles. The standard InChI is InChI=1S/C26H31N3O5S/c1-4-29(25(30)13-14-27-26(31)28-20-8-10-21(32-2)11-9-20)17-19-7-12-23(24(16-19)33-3)34-18-22-6-5-15-35-22/h5-12,15-16H,4,13-14,17-18H2,1-3H3,(H2,27,28,31). The van der Waals surface area contributed by atoms with Gasteiger partial charge in [0.05, 0.1) is 14.2 Å². The van der Waals surface area contributed by atoms with Crippen LogP contribution in [-0.4, -0.2) is 44.1 Å². The molecular formula is C26H31N3O5S. The molecule has 35 heavy (non-hydrogen) atoms. The zero-order valence-corrected chi connectivity index (χ0v) is 21.0. The number of nitrogens with one attached hydrogen (secondary N) is 2. The third kappa shape index (κ3) is 7.92. The number of carbonyl (C=O) groups is 2. The number of anilines is 1. The summed E-state index contributed by atoms with van der Waals surface area (Å²) < 4.78 is 16.5. The molecule has 0 radical (unpaired) electrons. The van der Waals surface area contributed by atoms with Crippen molar-refractivity contribution in [1.82, 2.24) is 10.2 Å². The summed E-state index contributed by atoms with van der Waals surface area (Å²) in [6, 6.07) is 16.3. The van der Waals surface area contributed by atoms with Crippen LogP contribution < -0.4 is 24.8 Å². The highest BCUT2D eigenvalue weighted by Crippen LogP contribution is 2.30. The number of hydrogen-bond donors (Lipinski definition) is 2. The first-order chi connectivity index (χ1) is 17.0. The number of thiophene rings is 1. The van der Waals surface area contributed by atoms with Crippen LogP contribution in [0.1, 0.15) is 23.8 Å². The molecule has 0 spiro atoms. The molecule has 0 atom stereocenters. The molecule has 2 aromatic carbocycles. The lowest BCUT2D eigenvalue weighted by Crippen LogP contribution is -2.35. The van der Waals surface area contributed by atoms with Crippen molar-refractivity contribution in [2.75, 3.05) is 32.6 Å². The van der Waals surface area contributed by atoms with Gasteiger partial charge in [-0.1, -0.05) is 12.1 Å². The minimum absolute atomic E-state index is 0.0470. The highest BCUT2D eigenvalue weighted by atomic mass is 32.1. The molecule has 186 valence electrons. The number of hydrogen-bond acceptors (Lipinski definition) is 6. The van der Waals surface area contributed by atoms with E-state index in [0.717, 1.165) is 10.4 Å². The van der Waals surface area contributed by atoms with Crippen LogP contribution in [0, 0.1) is 0 Å². The zero-order valence-electron chi connectivity index (χ0n) is 20.2. The van der Waals surface area contributed by atoms with E-state index in [4.69, 9.17) is 14.2 Å². The fraction of sp³-hybridized carbons (Fsp3) is 0.308. The molecule has 8 nitrogen and oxygen atoms in total. The van der Waals surface area contributed by atoms with Crippen LogP contribution in [-0.2, 0) is 17.9 Å². The van der Waals surface area contributed by atoms with Crippen molar-refractivity contribution in [3.05, 3.63) is 70.4 Å². The van der Waals surface area contributed by atoms with Gasteiger partial charge in [-0.2, -0.15) is 0 Å². The molecule has 0 aliphatic rings. The maximum atomic E-state index is 12.7. The van der Waals surface area contributed by atoms with Crippen LogP contribution in [0.25, 0.3) is 0 Å². The Balaban J connectivity index is 1.47. The highest BCUT2D eigenvalue weighted by molar-refractivity contribution is 7.09. The van der Waals surface area contributed by atoms with E-state index in [2.05, 4.69) is 10.6 Å². The molecule has 2 N–H and O–H groups in total. The van der Waals surface area contributed by atoms with Crippen LogP contribution in [0.15, 0.2) is 60.0 Å². The average Bonchev–Trinajstić information content (AvgIpc) is 3.40. The molecule has 0 saturated carbocycles. The predicted octanol–water partition coefficient (Wildman–Crippen LogP) is 4.90. The summed E-state index contributed by atoms with van der Waals surface area (Å²) in [6.45, 7) is 3.63. The quantitative estimate of drug-likeness (QED) is 0.371. The lowest BCUT2D eigenvalue weighted by Gasteiger charge is -2.22. The summed E-state index contributed by atoms with van der Waals surface area (Å²) in [5.41, 5.74) is 1.58. The van der Waals surface area contributed by atoms with E-state index in [-0.39, 0.29) is 24.9 Å². The molecule has 0 unspecified atom stereocenters. The molecule has 9 heteroatoms. The lowest BCUT2D eigenvalue weighted by molar-refractivity contribution is -0.131. The molecule has 3 rings (SSSR count). The first kappa shape index (κ1) is 25.9. The van der Waals surface area contributed by atoms with Crippen LogP contribution in [0.4, 0.5) is 10.5 Å². The monoisotopic (exact) mass is 497 g/mol. The van der Waals surface area contributed by atoms with Crippen molar-refractivity contribution in [3.8, 4) is 17.2 Å². The van der Waals surface area contributed by atoms with Gasteiger partial charge in [0.2, 0.25) is 5.91 Å². The summed E-state index contributed by atoms with van der Waals surface area (Å²) >= 11 is 1.64. The highest BCUT2D eigenvalue weighted by Gasteiger charge is 2.15. The van der Waals surface area contributed by atoms with E-state index in [1.165, 1.54) is 0 Å². The number of urea groups is 1. The van der Waals surface area contributed by atoms with E-state index in [1.807, 2.05) is 42.6 Å². The Morgan fingerprint density at radius 2 is 1.80 bits per heavy atom. The van der Waals surface area contributed by atoms with Crippen molar-refractivity contribution in [2.45, 2.75) is 26.5 Å². The number of rotatable bonds is 12. The first-order valence-electron chi connectivity index (χ1n) is 11.3. The van der Waals surface area contributed by atoms with Gasteiger partial charge in [0, 0.05) is 36.6 Å². The van der Waals surface area contributed by atoms with E-state index in [9.17, 15) is 9.59 Å². The van der Waals surface area contributed by atoms with Gasteiger partial charge in [-0.15, -0.1) is 11.3 Å². The Labute approximate surface area is 209 Å². The predicted molar refractivity (Wildman–Crippen MR) is 137 cm³/mol. The SMILES string of the molecule is CCN(Cc1ccc(OCc2cccs2)c(OC)c1)C(=O)CCNC(=O)Nc1ccc(OC)cc1. The Kier molecular flexibility index (Phi) is 9.80. The average molecular weight is 498 g/mol. The van der Waals surface area contributed by atoms with Gasteiger partial charge in [-0.05, 0) is 60.3 Å². The molecule has 1 aromatic heterocycles. The molecule has 3 amide bonds. The molecular weight excluding hydrogens is 466 g/mol. The minimum atomic E-state index is -0.367. The van der Waals surface area contributed by atoms with E-state index in [0.29, 0.717) is 42.6 Å². The molecule has 0 saturated heterocycles. The number of carbonyl (C=O) groups excluding carboxylic acids is 2. The molecule has 3 aromatic rings. The Morgan fingerprint density at radius 1 is 1.00 bits per heavy atom. The third-order valence-corrected chi connectivity index (χ3v) is 6.11. The molecule has 0 aliphatic heterocycles. The fourth-order valence-electron chi connectivity index (χ4n) is 3.36. The topological polar surface area (TPSA) is 89.1 Å². The fourth-order valence-corrected chi connectivity index (χ4v) is 3.98. The molecule has 0 bridgehead atoms.